The highest BCUT2D eigenvalue weighted by Crippen LogP contribution is 2.62. The molecular formula is C25H28O2. The topological polar surface area (TPSA) is 40.5 Å². The maximum Gasteiger partial charge on any atom is 0.115 e. The first-order valence-corrected chi connectivity index (χ1v) is 10.3. The number of hydrogen-bond donors (Lipinski definition) is 2. The van der Waals surface area contributed by atoms with Gasteiger partial charge in [0.05, 0.1) is 6.10 Å². The third kappa shape index (κ3) is 2.65. The molecule has 0 spiro atoms. The average Bonchev–Trinajstić information content (AvgIpc) is 2.93. The largest absolute Gasteiger partial charge is 0.508 e. The van der Waals surface area contributed by atoms with Crippen molar-refractivity contribution in [2.45, 2.75) is 51.0 Å². The summed E-state index contributed by atoms with van der Waals surface area (Å²) in [5.41, 5.74) is 5.18. The highest BCUT2D eigenvalue weighted by atomic mass is 16.3. The maximum absolute atomic E-state index is 11.2. The molecule has 3 aliphatic carbocycles. The predicted octanol–water partition coefficient (Wildman–Crippen LogP) is 5.30. The summed E-state index contributed by atoms with van der Waals surface area (Å²) < 4.78 is 0. The average molecular weight is 360 g/mol. The molecular weight excluding hydrogens is 332 g/mol. The summed E-state index contributed by atoms with van der Waals surface area (Å²) in [6.45, 7) is 2.32. The molecule has 2 N–H and O–H groups in total. The van der Waals surface area contributed by atoms with Gasteiger partial charge < -0.3 is 10.2 Å². The van der Waals surface area contributed by atoms with E-state index in [0.29, 0.717) is 23.5 Å². The predicted molar refractivity (Wildman–Crippen MR) is 109 cm³/mol. The van der Waals surface area contributed by atoms with Crippen molar-refractivity contribution in [3.63, 3.8) is 0 Å². The van der Waals surface area contributed by atoms with Gasteiger partial charge in [-0.1, -0.05) is 49.4 Å². The van der Waals surface area contributed by atoms with Crippen LogP contribution in [0.25, 0.3) is 6.08 Å². The third-order valence-corrected chi connectivity index (χ3v) is 7.73. The number of fused-ring (bicyclic) bond motifs is 5. The molecule has 0 aromatic heterocycles. The molecule has 2 nitrogen and oxygen atoms in total. The van der Waals surface area contributed by atoms with E-state index in [9.17, 15) is 10.2 Å². The normalized spacial score (nSPS) is 36.1. The van der Waals surface area contributed by atoms with E-state index in [-0.39, 0.29) is 11.5 Å². The van der Waals surface area contributed by atoms with Crippen molar-refractivity contribution >= 4 is 6.08 Å². The Balaban J connectivity index is 1.49. The number of aliphatic hydroxyl groups is 1. The Kier molecular flexibility index (Phi) is 3.94. The first-order valence-electron chi connectivity index (χ1n) is 10.3. The van der Waals surface area contributed by atoms with Gasteiger partial charge in [0.1, 0.15) is 5.75 Å². The fourth-order valence-electron chi connectivity index (χ4n) is 6.33. The maximum atomic E-state index is 11.2. The van der Waals surface area contributed by atoms with Gasteiger partial charge in [-0.2, -0.15) is 0 Å². The number of hydrogen-bond acceptors (Lipinski definition) is 2. The number of rotatable bonds is 1. The number of aryl methyl sites for hydroxylation is 1. The van der Waals surface area contributed by atoms with E-state index < -0.39 is 0 Å². The molecule has 0 bridgehead atoms. The number of aromatic hydroxyl groups is 1. The lowest BCUT2D eigenvalue weighted by atomic mass is 9.55. The van der Waals surface area contributed by atoms with E-state index >= 15 is 0 Å². The van der Waals surface area contributed by atoms with Crippen LogP contribution in [0.1, 0.15) is 55.2 Å². The second kappa shape index (κ2) is 6.24. The van der Waals surface area contributed by atoms with Gasteiger partial charge in [0.25, 0.3) is 0 Å². The summed E-state index contributed by atoms with van der Waals surface area (Å²) in [6, 6.07) is 16.4. The molecule has 3 aliphatic rings. The molecule has 0 radical (unpaired) electrons. The summed E-state index contributed by atoms with van der Waals surface area (Å²) in [5, 5.41) is 21.1. The van der Waals surface area contributed by atoms with Crippen molar-refractivity contribution in [3.05, 3.63) is 70.8 Å². The lowest BCUT2D eigenvalue weighted by Gasteiger charge is -2.49. The van der Waals surface area contributed by atoms with Crippen LogP contribution in [0, 0.1) is 17.3 Å². The summed E-state index contributed by atoms with van der Waals surface area (Å²) in [5.74, 6) is 2.15. The van der Waals surface area contributed by atoms with E-state index in [4.69, 9.17) is 0 Å². The van der Waals surface area contributed by atoms with Crippen LogP contribution in [-0.2, 0) is 6.42 Å². The molecule has 2 aromatic rings. The van der Waals surface area contributed by atoms with Crippen molar-refractivity contribution in [2.75, 3.05) is 0 Å². The molecule has 0 amide bonds. The van der Waals surface area contributed by atoms with E-state index in [1.807, 2.05) is 18.2 Å². The van der Waals surface area contributed by atoms with Gasteiger partial charge in [-0.05, 0) is 84.3 Å². The Hall–Kier alpha value is -2.06. The molecule has 0 heterocycles. The molecule has 2 aromatic carbocycles. The van der Waals surface area contributed by atoms with Crippen molar-refractivity contribution in [1.29, 1.82) is 0 Å². The van der Waals surface area contributed by atoms with Crippen LogP contribution >= 0.6 is 0 Å². The quantitative estimate of drug-likeness (QED) is 0.724. The van der Waals surface area contributed by atoms with Gasteiger partial charge in [-0.25, -0.2) is 0 Å². The van der Waals surface area contributed by atoms with E-state index in [0.717, 1.165) is 25.7 Å². The lowest BCUT2D eigenvalue weighted by Crippen LogP contribution is -2.44. The third-order valence-electron chi connectivity index (χ3n) is 7.73. The Morgan fingerprint density at radius 1 is 1.07 bits per heavy atom. The highest BCUT2D eigenvalue weighted by Gasteiger charge is 2.56. The second-order valence-electron chi connectivity index (χ2n) is 9.08. The minimum atomic E-state index is -0.329. The van der Waals surface area contributed by atoms with Crippen molar-refractivity contribution in [2.24, 2.45) is 17.3 Å². The van der Waals surface area contributed by atoms with Crippen LogP contribution in [0.2, 0.25) is 0 Å². The number of phenolic OH excluding ortho intramolecular Hbond substituents is 1. The molecule has 2 fully saturated rings. The van der Waals surface area contributed by atoms with E-state index in [2.05, 4.69) is 43.3 Å². The zero-order valence-corrected chi connectivity index (χ0v) is 15.9. The molecule has 2 heteroatoms. The van der Waals surface area contributed by atoms with Gasteiger partial charge in [0.15, 0.2) is 0 Å². The lowest BCUT2D eigenvalue weighted by molar-refractivity contribution is -0.0158. The SMILES string of the molecule is C[C@]12CC[C@@H]3c4ccc(O)cc4CC[C@@H]3[C@@H]1C/C(=C\c1ccccc1)[C@@H]2O. The second-order valence-corrected chi connectivity index (χ2v) is 9.08. The van der Waals surface area contributed by atoms with Crippen molar-refractivity contribution in [1.82, 2.24) is 0 Å². The van der Waals surface area contributed by atoms with E-state index in [1.165, 1.54) is 28.7 Å². The van der Waals surface area contributed by atoms with Gasteiger partial charge in [0, 0.05) is 5.41 Å². The Morgan fingerprint density at radius 2 is 1.89 bits per heavy atom. The van der Waals surface area contributed by atoms with Gasteiger partial charge in [0.2, 0.25) is 0 Å². The number of phenols is 1. The van der Waals surface area contributed by atoms with Crippen LogP contribution < -0.4 is 0 Å². The zero-order chi connectivity index (χ0) is 18.6. The molecule has 5 rings (SSSR count). The fourth-order valence-corrected chi connectivity index (χ4v) is 6.33. The molecule has 0 saturated heterocycles. The molecule has 0 aliphatic heterocycles. The summed E-state index contributed by atoms with van der Waals surface area (Å²) in [7, 11) is 0. The summed E-state index contributed by atoms with van der Waals surface area (Å²) in [4.78, 5) is 0. The van der Waals surface area contributed by atoms with Crippen molar-refractivity contribution < 1.29 is 10.2 Å². The fraction of sp³-hybridized carbons (Fsp3) is 0.440. The van der Waals surface area contributed by atoms with E-state index in [1.54, 1.807) is 0 Å². The van der Waals surface area contributed by atoms with Gasteiger partial charge in [-0.15, -0.1) is 0 Å². The molecule has 5 atom stereocenters. The standard InChI is InChI=1S/C25H28O2/c1-25-12-11-21-20-10-8-19(26)14-17(20)7-9-22(21)23(25)15-18(24(25)27)13-16-5-3-2-4-6-16/h2-6,8,10,13-14,21-24,26-27H,7,9,11-12,15H2,1H3/b18-13+/t21-,22+,23+,24+,25+/m1/s1. The van der Waals surface area contributed by atoms with Crippen LogP contribution in [0.3, 0.4) is 0 Å². The van der Waals surface area contributed by atoms with Crippen LogP contribution in [-0.4, -0.2) is 16.3 Å². The smallest absolute Gasteiger partial charge is 0.115 e. The molecule has 27 heavy (non-hydrogen) atoms. The summed E-state index contributed by atoms with van der Waals surface area (Å²) >= 11 is 0. The zero-order valence-electron chi connectivity index (χ0n) is 15.9. The van der Waals surface area contributed by atoms with Crippen LogP contribution in [0.15, 0.2) is 54.1 Å². The molecule has 0 unspecified atom stereocenters. The number of aliphatic hydroxyl groups excluding tert-OH is 1. The number of benzene rings is 2. The van der Waals surface area contributed by atoms with Crippen LogP contribution in [0.4, 0.5) is 0 Å². The molecule has 140 valence electrons. The van der Waals surface area contributed by atoms with Gasteiger partial charge >= 0.3 is 0 Å². The van der Waals surface area contributed by atoms with Gasteiger partial charge in [-0.3, -0.25) is 0 Å². The first kappa shape index (κ1) is 17.1. The molecule has 2 saturated carbocycles. The highest BCUT2D eigenvalue weighted by molar-refractivity contribution is 5.55. The van der Waals surface area contributed by atoms with Crippen LogP contribution in [0.5, 0.6) is 5.75 Å². The first-order chi connectivity index (χ1) is 13.1. The minimum Gasteiger partial charge on any atom is -0.508 e. The monoisotopic (exact) mass is 360 g/mol. The van der Waals surface area contributed by atoms with Crippen molar-refractivity contribution in [3.8, 4) is 5.75 Å². The minimum absolute atomic E-state index is 0.00377. The summed E-state index contributed by atoms with van der Waals surface area (Å²) in [6.07, 6.45) is 7.35. The Labute approximate surface area is 161 Å². The Bertz CT molecular complexity index is 884. The Morgan fingerprint density at radius 3 is 2.70 bits per heavy atom.